The van der Waals surface area contributed by atoms with Gasteiger partial charge in [-0.2, -0.15) is 20.3 Å². The maximum Gasteiger partial charge on any atom is 0.335 e. The fraction of sp³-hybridized carbons (Fsp3) is 0.200. The molecule has 0 spiro atoms. The summed E-state index contributed by atoms with van der Waals surface area (Å²) in [5.41, 5.74) is 5.10. The number of urea groups is 1. The van der Waals surface area contributed by atoms with E-state index >= 15 is 0 Å². The molecule has 174 valence electrons. The van der Waals surface area contributed by atoms with E-state index in [1.807, 2.05) is 68.4 Å². The average Bonchev–Trinajstić information content (AvgIpc) is 3.55. The van der Waals surface area contributed by atoms with Gasteiger partial charge in [0.05, 0.1) is 30.6 Å². The second-order valence-electron chi connectivity index (χ2n) is 8.28. The fourth-order valence-corrected chi connectivity index (χ4v) is 4.35. The Kier molecular flexibility index (Phi) is 4.98. The van der Waals surface area contributed by atoms with Crippen molar-refractivity contribution in [2.75, 3.05) is 16.4 Å². The molecule has 1 unspecified atom stereocenters. The van der Waals surface area contributed by atoms with E-state index in [0.29, 0.717) is 36.4 Å². The molecule has 35 heavy (non-hydrogen) atoms. The summed E-state index contributed by atoms with van der Waals surface area (Å²) in [5.74, 6) is 1.69. The summed E-state index contributed by atoms with van der Waals surface area (Å²) < 4.78 is 5.63. The van der Waals surface area contributed by atoms with Crippen LogP contribution in [0.2, 0.25) is 0 Å². The minimum absolute atomic E-state index is 0.0349. The number of nitrogens with one attached hydrogen (secondary N) is 1. The summed E-state index contributed by atoms with van der Waals surface area (Å²) in [7, 11) is 0. The maximum absolute atomic E-state index is 13.9. The molecule has 10 nitrogen and oxygen atoms in total. The van der Waals surface area contributed by atoms with Gasteiger partial charge in [-0.25, -0.2) is 14.7 Å². The highest BCUT2D eigenvalue weighted by Gasteiger charge is 2.35. The van der Waals surface area contributed by atoms with Crippen LogP contribution >= 0.6 is 0 Å². The number of benzene rings is 2. The second-order valence-corrected chi connectivity index (χ2v) is 8.28. The molecule has 0 aliphatic carbocycles. The van der Waals surface area contributed by atoms with Crippen LogP contribution in [0.25, 0.3) is 11.4 Å². The van der Waals surface area contributed by atoms with Crippen molar-refractivity contribution in [3.63, 3.8) is 0 Å². The molecule has 2 amide bonds. The number of amides is 2. The van der Waals surface area contributed by atoms with E-state index in [1.54, 1.807) is 9.80 Å². The molecular formula is C25H22N8O2. The number of azo groups is 1. The zero-order valence-electron chi connectivity index (χ0n) is 19.2. The Morgan fingerprint density at radius 3 is 2.69 bits per heavy atom. The lowest BCUT2D eigenvalue weighted by atomic mass is 10.1. The van der Waals surface area contributed by atoms with Crippen molar-refractivity contribution in [3.8, 4) is 17.3 Å². The smallest absolute Gasteiger partial charge is 0.335 e. The highest BCUT2D eigenvalue weighted by atomic mass is 16.5. The zero-order valence-corrected chi connectivity index (χ0v) is 19.2. The van der Waals surface area contributed by atoms with E-state index in [9.17, 15) is 4.79 Å². The van der Waals surface area contributed by atoms with Crippen LogP contribution in [0, 0.1) is 0 Å². The van der Waals surface area contributed by atoms with Gasteiger partial charge in [0.1, 0.15) is 12.1 Å². The van der Waals surface area contributed by atoms with Crippen LogP contribution in [-0.2, 0) is 6.54 Å². The van der Waals surface area contributed by atoms with Crippen LogP contribution in [-0.4, -0.2) is 32.8 Å². The first-order valence-electron chi connectivity index (χ1n) is 11.4. The standard InChI is InChI=1S/C25H22N8O2/c1-3-35-22-11-6-17-13-32(19-9-10-21-20(12-19)15(2)29-30-21)25(34)33(24(17)28-22)18-7-4-16(5-8-18)23-26-14-27-31-23/h4-12,14-15H,3,13H2,1-2H3,(H,26,27,31). The van der Waals surface area contributed by atoms with Gasteiger partial charge in [0.25, 0.3) is 0 Å². The molecule has 0 radical (unpaired) electrons. The summed E-state index contributed by atoms with van der Waals surface area (Å²) in [6.07, 6.45) is 1.46. The lowest BCUT2D eigenvalue weighted by Crippen LogP contribution is -2.45. The Morgan fingerprint density at radius 1 is 1.09 bits per heavy atom. The number of fused-ring (bicyclic) bond motifs is 2. The number of hydrogen-bond acceptors (Lipinski definition) is 7. The summed E-state index contributed by atoms with van der Waals surface area (Å²) >= 11 is 0. The van der Waals surface area contributed by atoms with Gasteiger partial charge in [-0.05, 0) is 62.4 Å². The molecule has 6 rings (SSSR count). The van der Waals surface area contributed by atoms with Crippen molar-refractivity contribution in [1.82, 2.24) is 20.2 Å². The molecular weight excluding hydrogens is 444 g/mol. The van der Waals surface area contributed by atoms with Gasteiger partial charge in [-0.1, -0.05) is 0 Å². The van der Waals surface area contributed by atoms with Crippen LogP contribution < -0.4 is 14.5 Å². The Morgan fingerprint density at radius 2 is 1.91 bits per heavy atom. The quantitative estimate of drug-likeness (QED) is 0.405. The van der Waals surface area contributed by atoms with Crippen LogP contribution in [0.1, 0.15) is 31.0 Å². The molecule has 0 saturated heterocycles. The van der Waals surface area contributed by atoms with Crippen molar-refractivity contribution in [3.05, 3.63) is 72.1 Å². The molecule has 2 aromatic carbocycles. The Bertz CT molecular complexity index is 1430. The predicted octanol–water partition coefficient (Wildman–Crippen LogP) is 5.70. The highest BCUT2D eigenvalue weighted by Crippen LogP contribution is 2.41. The molecule has 0 bridgehead atoms. The van der Waals surface area contributed by atoms with Gasteiger partial charge in [0, 0.05) is 28.4 Å². The van der Waals surface area contributed by atoms with E-state index in [4.69, 9.17) is 4.74 Å². The van der Waals surface area contributed by atoms with Crippen LogP contribution in [0.3, 0.4) is 0 Å². The molecule has 4 heterocycles. The SMILES string of the molecule is CCOc1ccc2c(n1)N(c1ccc(-c3ncn[nH]3)cc1)C(=O)N(c1ccc3c(c1)C(C)N=N3)C2. The number of anilines is 3. The minimum atomic E-state index is -0.203. The number of aromatic amines is 1. The number of pyridine rings is 1. The van der Waals surface area contributed by atoms with Gasteiger partial charge >= 0.3 is 6.03 Å². The van der Waals surface area contributed by atoms with Crippen LogP contribution in [0.5, 0.6) is 5.88 Å². The van der Waals surface area contributed by atoms with Crippen LogP contribution in [0.15, 0.2) is 71.2 Å². The van der Waals surface area contributed by atoms with Gasteiger partial charge in [-0.15, -0.1) is 0 Å². The van der Waals surface area contributed by atoms with Gasteiger partial charge < -0.3 is 4.74 Å². The van der Waals surface area contributed by atoms with E-state index in [0.717, 1.165) is 28.1 Å². The van der Waals surface area contributed by atoms with E-state index in [2.05, 4.69) is 30.4 Å². The van der Waals surface area contributed by atoms with Gasteiger partial charge in [0.15, 0.2) is 5.82 Å². The summed E-state index contributed by atoms with van der Waals surface area (Å²) in [6.45, 7) is 4.78. The van der Waals surface area contributed by atoms with Crippen molar-refractivity contribution in [2.24, 2.45) is 10.2 Å². The molecule has 2 aliphatic heterocycles. The monoisotopic (exact) mass is 466 g/mol. The molecule has 0 saturated carbocycles. The topological polar surface area (TPSA) is 112 Å². The minimum Gasteiger partial charge on any atom is -0.478 e. The van der Waals surface area contributed by atoms with E-state index in [1.165, 1.54) is 6.33 Å². The molecule has 2 aromatic heterocycles. The Hall–Kier alpha value is -4.60. The number of H-pyrrole nitrogens is 1. The molecule has 1 N–H and O–H groups in total. The molecule has 2 aliphatic rings. The number of nitrogens with zero attached hydrogens (tertiary/aromatic N) is 7. The number of carbonyl (C=O) groups is 1. The third-order valence-corrected chi connectivity index (χ3v) is 6.11. The number of aromatic nitrogens is 4. The largest absolute Gasteiger partial charge is 0.478 e. The number of rotatable bonds is 5. The normalized spacial score (nSPS) is 16.4. The third kappa shape index (κ3) is 3.59. The molecule has 0 fully saturated rings. The Labute approximate surface area is 201 Å². The summed E-state index contributed by atoms with van der Waals surface area (Å²) in [6, 6.07) is 16.9. The van der Waals surface area contributed by atoms with Crippen LogP contribution in [0.4, 0.5) is 27.7 Å². The maximum atomic E-state index is 13.9. The van der Waals surface area contributed by atoms with E-state index in [-0.39, 0.29) is 12.1 Å². The average molecular weight is 467 g/mol. The summed E-state index contributed by atoms with van der Waals surface area (Å²) in [4.78, 5) is 26.2. The number of ether oxygens (including phenoxy) is 1. The first-order chi connectivity index (χ1) is 17.1. The first-order valence-corrected chi connectivity index (χ1v) is 11.4. The molecule has 10 heteroatoms. The van der Waals surface area contributed by atoms with Crippen molar-refractivity contribution in [1.29, 1.82) is 0 Å². The number of carbonyl (C=O) groups excluding carboxylic acids is 1. The second kappa shape index (κ2) is 8.32. The van der Waals surface area contributed by atoms with Crippen molar-refractivity contribution >= 4 is 28.9 Å². The van der Waals surface area contributed by atoms with Gasteiger partial charge in [-0.3, -0.25) is 10.00 Å². The van der Waals surface area contributed by atoms with Crippen molar-refractivity contribution in [2.45, 2.75) is 26.4 Å². The summed E-state index contributed by atoms with van der Waals surface area (Å²) in [5, 5.41) is 15.2. The first kappa shape index (κ1) is 21.0. The van der Waals surface area contributed by atoms with Crippen molar-refractivity contribution < 1.29 is 9.53 Å². The predicted molar refractivity (Wildman–Crippen MR) is 130 cm³/mol. The van der Waals surface area contributed by atoms with Gasteiger partial charge in [0.2, 0.25) is 5.88 Å². The lowest BCUT2D eigenvalue weighted by Gasteiger charge is -2.36. The molecule has 1 atom stereocenters. The molecule has 4 aromatic rings. The number of hydrogen-bond donors (Lipinski definition) is 1. The highest BCUT2D eigenvalue weighted by molar-refractivity contribution is 6.10. The lowest BCUT2D eigenvalue weighted by molar-refractivity contribution is 0.252. The Balaban J connectivity index is 1.43. The third-order valence-electron chi connectivity index (χ3n) is 6.11. The zero-order chi connectivity index (χ0) is 23.9. The van der Waals surface area contributed by atoms with E-state index < -0.39 is 0 Å². The fourth-order valence-electron chi connectivity index (χ4n) is 4.35.